The van der Waals surface area contributed by atoms with Crippen LogP contribution >= 0.6 is 0 Å². The molecule has 9 amide bonds. The third kappa shape index (κ3) is 16.6. The van der Waals surface area contributed by atoms with Crippen molar-refractivity contribution in [2.75, 3.05) is 47.4 Å². The monoisotopic (exact) mass is 764 g/mol. The molecule has 4 rings (SSSR count). The first-order valence-electron chi connectivity index (χ1n) is 18.8. The summed E-state index contributed by atoms with van der Waals surface area (Å²) in [4.78, 5) is 61.6. The highest BCUT2D eigenvalue weighted by Gasteiger charge is 2.08. The van der Waals surface area contributed by atoms with Gasteiger partial charge in [0, 0.05) is 61.0 Å². The summed E-state index contributed by atoms with van der Waals surface area (Å²) in [7, 11) is 0. The number of benzene rings is 4. The summed E-state index contributed by atoms with van der Waals surface area (Å²) in [5.41, 5.74) is 9.92. The smallest absolute Gasteiger partial charge is 0.323 e. The molecule has 0 fully saturated rings. The molecular formula is C41H52N10O5. The van der Waals surface area contributed by atoms with Gasteiger partial charge < -0.3 is 53.6 Å². The molecule has 4 aromatic carbocycles. The van der Waals surface area contributed by atoms with Gasteiger partial charge in [-0.05, 0) is 104 Å². The summed E-state index contributed by atoms with van der Waals surface area (Å²) in [6, 6.07) is 28.6. The fourth-order valence-corrected chi connectivity index (χ4v) is 5.33. The molecule has 0 aliphatic rings. The molecule has 296 valence electrons. The van der Waals surface area contributed by atoms with Gasteiger partial charge in [-0.3, -0.25) is 4.79 Å². The third-order valence-electron chi connectivity index (χ3n) is 8.34. The fraction of sp³-hybridized carbons (Fsp3) is 0.293. The van der Waals surface area contributed by atoms with E-state index in [0.717, 1.165) is 49.7 Å². The van der Waals surface area contributed by atoms with Crippen molar-refractivity contribution in [1.29, 1.82) is 0 Å². The number of carbonyl (C=O) groups excluding carboxylic acids is 5. The van der Waals surface area contributed by atoms with Gasteiger partial charge in [0.05, 0.1) is 0 Å². The largest absolute Gasteiger partial charge is 0.352 e. The van der Waals surface area contributed by atoms with Crippen LogP contribution in [-0.4, -0.2) is 56.2 Å². The van der Waals surface area contributed by atoms with Crippen LogP contribution in [-0.2, 0) is 13.1 Å². The molecule has 15 nitrogen and oxygen atoms in total. The van der Waals surface area contributed by atoms with Gasteiger partial charge in [-0.25, -0.2) is 19.2 Å². The van der Waals surface area contributed by atoms with Crippen molar-refractivity contribution in [2.45, 2.75) is 51.6 Å². The van der Waals surface area contributed by atoms with Crippen LogP contribution in [0.4, 0.5) is 41.9 Å². The van der Waals surface area contributed by atoms with Crippen molar-refractivity contribution in [2.24, 2.45) is 5.73 Å². The Bertz CT molecular complexity index is 1840. The molecule has 0 unspecified atom stereocenters. The predicted octanol–water partition coefficient (Wildman–Crippen LogP) is 6.30. The molecule has 0 saturated heterocycles. The second-order valence-corrected chi connectivity index (χ2v) is 12.9. The minimum Gasteiger partial charge on any atom is -0.352 e. The molecule has 0 aliphatic heterocycles. The highest BCUT2D eigenvalue weighted by Crippen LogP contribution is 2.17. The maximum atomic E-state index is 12.7. The van der Waals surface area contributed by atoms with Crippen LogP contribution in [0.25, 0.3) is 0 Å². The van der Waals surface area contributed by atoms with Gasteiger partial charge in [-0.15, -0.1) is 0 Å². The molecular weight excluding hydrogens is 713 g/mol. The van der Waals surface area contributed by atoms with Gasteiger partial charge >= 0.3 is 24.1 Å². The lowest BCUT2D eigenvalue weighted by molar-refractivity contribution is 0.0953. The Labute approximate surface area is 327 Å². The number of anilines is 4. The zero-order valence-electron chi connectivity index (χ0n) is 31.4. The maximum Gasteiger partial charge on any atom is 0.323 e. The van der Waals surface area contributed by atoms with Gasteiger partial charge in [-0.2, -0.15) is 0 Å². The zero-order valence-corrected chi connectivity index (χ0v) is 31.4. The topological polar surface area (TPSA) is 220 Å². The van der Waals surface area contributed by atoms with E-state index >= 15 is 0 Å². The molecule has 0 aliphatic carbocycles. The van der Waals surface area contributed by atoms with Crippen molar-refractivity contribution < 1.29 is 24.0 Å². The fourth-order valence-electron chi connectivity index (χ4n) is 5.33. The third-order valence-corrected chi connectivity index (χ3v) is 8.34. The van der Waals surface area contributed by atoms with Crippen LogP contribution < -0.4 is 53.6 Å². The Morgan fingerprint density at radius 2 is 0.857 bits per heavy atom. The quantitative estimate of drug-likeness (QED) is 0.0465. The van der Waals surface area contributed by atoms with E-state index in [1.54, 1.807) is 72.8 Å². The van der Waals surface area contributed by atoms with Crippen molar-refractivity contribution in [1.82, 2.24) is 26.6 Å². The summed E-state index contributed by atoms with van der Waals surface area (Å²) in [5.74, 6) is -0.0885. The molecule has 0 atom stereocenters. The lowest BCUT2D eigenvalue weighted by Gasteiger charge is -2.12. The molecule has 0 spiro atoms. The van der Waals surface area contributed by atoms with E-state index < -0.39 is 12.1 Å². The number of urea groups is 4. The minimum atomic E-state index is -0.468. The molecule has 11 N–H and O–H groups in total. The summed E-state index contributed by atoms with van der Waals surface area (Å²) < 4.78 is 0. The number of unbranched alkanes of at least 4 members (excludes halogenated alkanes) is 4. The number of hydrogen-bond acceptors (Lipinski definition) is 6. The van der Waals surface area contributed by atoms with Crippen molar-refractivity contribution >= 4 is 52.8 Å². The maximum absolute atomic E-state index is 12.7. The Morgan fingerprint density at radius 1 is 0.411 bits per heavy atom. The highest BCUT2D eigenvalue weighted by atomic mass is 16.2. The Morgan fingerprint density at radius 3 is 1.34 bits per heavy atom. The number of rotatable bonds is 20. The molecule has 0 radical (unpaired) electrons. The average molecular weight is 765 g/mol. The van der Waals surface area contributed by atoms with E-state index in [0.29, 0.717) is 67.6 Å². The molecule has 0 saturated carbocycles. The van der Waals surface area contributed by atoms with Crippen LogP contribution in [0.1, 0.15) is 60.0 Å². The van der Waals surface area contributed by atoms with Gasteiger partial charge in [0.2, 0.25) is 0 Å². The average Bonchev–Trinajstić information content (AvgIpc) is 3.20. The summed E-state index contributed by atoms with van der Waals surface area (Å²) in [5, 5.41) is 25.2. The van der Waals surface area contributed by atoms with Gasteiger partial charge in [-0.1, -0.05) is 55.0 Å². The SMILES string of the molecule is NCCCCCNC(=O)NCc1ccc(NC(=O)Nc2cccc(NC(=O)Nc3ccc(CNC(=O)NCCCCCNC(=O)c4ccccc4)cc3)c2)cc1. The van der Waals surface area contributed by atoms with E-state index in [1.165, 1.54) is 0 Å². The van der Waals surface area contributed by atoms with E-state index in [1.807, 2.05) is 30.3 Å². The van der Waals surface area contributed by atoms with Crippen molar-refractivity contribution in [3.63, 3.8) is 0 Å². The standard InChI is InChI=1S/C41H52N10O5/c42-23-6-2-7-25-44-38(53)46-28-30-15-19-33(20-16-30)48-40(55)50-35-13-10-14-36(27-35)51-41(56)49-34-21-17-31(18-22-34)29-47-39(54)45-26-9-3-8-24-43-37(52)32-11-4-1-5-12-32/h1,4-5,10-22,27H,2-3,6-9,23-26,28-29,42H2,(H,43,52)(H2,44,46,53)(H2,45,47,54)(H2,48,50,55)(H2,49,51,56). The summed E-state index contributed by atoms with van der Waals surface area (Å²) in [6.07, 6.45) is 5.29. The number of hydrogen-bond donors (Lipinski definition) is 10. The minimum absolute atomic E-state index is 0.0885. The lowest BCUT2D eigenvalue weighted by Crippen LogP contribution is -2.35. The van der Waals surface area contributed by atoms with Crippen molar-refractivity contribution in [3.8, 4) is 0 Å². The number of amides is 9. The number of nitrogens with two attached hydrogens (primary N) is 1. The highest BCUT2D eigenvalue weighted by molar-refractivity contribution is 6.02. The lowest BCUT2D eigenvalue weighted by atomic mass is 10.2. The molecule has 0 aromatic heterocycles. The van der Waals surface area contributed by atoms with Crippen LogP contribution in [0, 0.1) is 0 Å². The molecule has 4 aromatic rings. The normalized spacial score (nSPS) is 10.4. The van der Waals surface area contributed by atoms with Crippen LogP contribution in [0.3, 0.4) is 0 Å². The van der Waals surface area contributed by atoms with E-state index in [9.17, 15) is 24.0 Å². The van der Waals surface area contributed by atoms with E-state index in [-0.39, 0.29) is 18.0 Å². The summed E-state index contributed by atoms with van der Waals surface area (Å²) in [6.45, 7) is 3.02. The predicted molar refractivity (Wildman–Crippen MR) is 221 cm³/mol. The molecule has 15 heteroatoms. The molecule has 0 heterocycles. The van der Waals surface area contributed by atoms with E-state index in [4.69, 9.17) is 5.73 Å². The number of nitrogens with one attached hydrogen (secondary N) is 9. The first-order valence-corrected chi connectivity index (χ1v) is 18.8. The second kappa shape index (κ2) is 23.9. The Kier molecular flexibility index (Phi) is 18.0. The van der Waals surface area contributed by atoms with Crippen LogP contribution in [0.15, 0.2) is 103 Å². The first kappa shape index (κ1) is 42.1. The Balaban J connectivity index is 1.08. The molecule has 0 bridgehead atoms. The van der Waals surface area contributed by atoms with Gasteiger partial charge in [0.15, 0.2) is 0 Å². The summed E-state index contributed by atoms with van der Waals surface area (Å²) >= 11 is 0. The van der Waals surface area contributed by atoms with Crippen molar-refractivity contribution in [3.05, 3.63) is 120 Å². The zero-order chi connectivity index (χ0) is 39.8. The Hall–Kier alpha value is -6.61. The number of carbonyl (C=O) groups is 5. The van der Waals surface area contributed by atoms with E-state index in [2.05, 4.69) is 47.9 Å². The van der Waals surface area contributed by atoms with Crippen LogP contribution in [0.5, 0.6) is 0 Å². The van der Waals surface area contributed by atoms with Crippen LogP contribution in [0.2, 0.25) is 0 Å². The first-order chi connectivity index (χ1) is 27.3. The van der Waals surface area contributed by atoms with Gasteiger partial charge in [0.1, 0.15) is 0 Å². The second-order valence-electron chi connectivity index (χ2n) is 12.9. The molecule has 56 heavy (non-hydrogen) atoms. The van der Waals surface area contributed by atoms with Gasteiger partial charge in [0.25, 0.3) is 5.91 Å².